The summed E-state index contributed by atoms with van der Waals surface area (Å²) in [6, 6.07) is 0. The molecule has 64 valence electrons. The van der Waals surface area contributed by atoms with Crippen LogP contribution in [0.25, 0.3) is 0 Å². The smallest absolute Gasteiger partial charge is 0.184 e. The normalized spacial score (nSPS) is 32.1. The molecule has 1 unspecified atom stereocenters. The van der Waals surface area contributed by atoms with Crippen molar-refractivity contribution in [2.45, 2.75) is 25.9 Å². The average Bonchev–Trinajstić information content (AvgIpc) is 2.40. The molecule has 2 rings (SSSR count). The quantitative estimate of drug-likeness (QED) is 0.508. The van der Waals surface area contributed by atoms with Gasteiger partial charge in [0.2, 0.25) is 0 Å². The van der Waals surface area contributed by atoms with Gasteiger partial charge in [-0.2, -0.15) is 0 Å². The van der Waals surface area contributed by atoms with E-state index in [1.54, 1.807) is 6.08 Å². The number of hydrogen-bond acceptors (Lipinski definition) is 2. The maximum Gasteiger partial charge on any atom is 0.184 e. The van der Waals surface area contributed by atoms with E-state index in [9.17, 15) is 4.79 Å². The molecule has 2 nitrogen and oxygen atoms in total. The van der Waals surface area contributed by atoms with Crippen LogP contribution in [0.3, 0.4) is 0 Å². The fourth-order valence-corrected chi connectivity index (χ4v) is 1.83. The Balaban J connectivity index is 2.31. The molecular formula is C10H12O2. The second-order valence-electron chi connectivity index (χ2n) is 3.18. The van der Waals surface area contributed by atoms with Gasteiger partial charge >= 0.3 is 0 Å². The van der Waals surface area contributed by atoms with Gasteiger partial charge in [0.15, 0.2) is 5.78 Å². The van der Waals surface area contributed by atoms with Crippen molar-refractivity contribution in [1.82, 2.24) is 0 Å². The van der Waals surface area contributed by atoms with Gasteiger partial charge in [-0.05, 0) is 31.4 Å². The third-order valence-corrected chi connectivity index (χ3v) is 2.43. The van der Waals surface area contributed by atoms with E-state index < -0.39 is 0 Å². The van der Waals surface area contributed by atoms with Crippen molar-refractivity contribution in [2.24, 2.45) is 0 Å². The molecule has 2 heteroatoms. The van der Waals surface area contributed by atoms with Gasteiger partial charge in [-0.1, -0.05) is 6.08 Å². The predicted molar refractivity (Wildman–Crippen MR) is 45.8 cm³/mol. The van der Waals surface area contributed by atoms with Gasteiger partial charge in [0.25, 0.3) is 0 Å². The van der Waals surface area contributed by atoms with E-state index in [0.717, 1.165) is 25.0 Å². The van der Waals surface area contributed by atoms with Crippen LogP contribution in [0.2, 0.25) is 0 Å². The molecule has 1 aliphatic carbocycles. The fraction of sp³-hybridized carbons (Fsp3) is 0.500. The number of carbonyl (C=O) groups is 1. The van der Waals surface area contributed by atoms with Gasteiger partial charge in [0.05, 0.1) is 0 Å². The van der Waals surface area contributed by atoms with Crippen LogP contribution in [0.5, 0.6) is 0 Å². The summed E-state index contributed by atoms with van der Waals surface area (Å²) in [4.78, 5) is 11.3. The first-order valence-electron chi connectivity index (χ1n) is 4.35. The lowest BCUT2D eigenvalue weighted by molar-refractivity contribution is -0.111. The molecular weight excluding hydrogens is 152 g/mol. The Morgan fingerprint density at radius 1 is 1.67 bits per heavy atom. The van der Waals surface area contributed by atoms with Crippen molar-refractivity contribution in [3.05, 3.63) is 23.3 Å². The fourth-order valence-electron chi connectivity index (χ4n) is 1.83. The second-order valence-corrected chi connectivity index (χ2v) is 3.18. The lowest BCUT2D eigenvalue weighted by atomic mass is 10.0. The highest BCUT2D eigenvalue weighted by Gasteiger charge is 2.32. The molecule has 1 atom stereocenters. The Morgan fingerprint density at radius 2 is 2.50 bits per heavy atom. The first-order valence-corrected chi connectivity index (χ1v) is 4.35. The molecule has 0 bridgehead atoms. The van der Waals surface area contributed by atoms with Gasteiger partial charge in [-0.3, -0.25) is 4.79 Å². The van der Waals surface area contributed by atoms with E-state index in [0.29, 0.717) is 0 Å². The zero-order valence-corrected chi connectivity index (χ0v) is 7.17. The molecule has 2 aliphatic rings. The largest absolute Gasteiger partial charge is 0.369 e. The Bertz CT molecular complexity index is 274. The Labute approximate surface area is 71.9 Å². The molecule has 0 aromatic rings. The van der Waals surface area contributed by atoms with Crippen LogP contribution in [0, 0.1) is 0 Å². The summed E-state index contributed by atoms with van der Waals surface area (Å²) in [5, 5.41) is 0. The van der Waals surface area contributed by atoms with Crippen molar-refractivity contribution in [3.8, 4) is 0 Å². The van der Waals surface area contributed by atoms with Crippen LogP contribution in [0.15, 0.2) is 23.3 Å². The summed E-state index contributed by atoms with van der Waals surface area (Å²) in [6.45, 7) is 2.68. The summed E-state index contributed by atoms with van der Waals surface area (Å²) in [5.41, 5.74) is 1.99. The van der Waals surface area contributed by atoms with Gasteiger partial charge in [-0.15, -0.1) is 0 Å². The zero-order chi connectivity index (χ0) is 8.55. The van der Waals surface area contributed by atoms with E-state index in [1.807, 2.05) is 13.0 Å². The van der Waals surface area contributed by atoms with Crippen LogP contribution >= 0.6 is 0 Å². The van der Waals surface area contributed by atoms with Crippen LogP contribution in [0.4, 0.5) is 0 Å². The third kappa shape index (κ3) is 1.03. The molecule has 1 saturated heterocycles. The van der Waals surface area contributed by atoms with Crippen molar-refractivity contribution >= 4 is 5.78 Å². The molecule has 12 heavy (non-hydrogen) atoms. The molecule has 0 amide bonds. The third-order valence-electron chi connectivity index (χ3n) is 2.43. The predicted octanol–water partition coefficient (Wildman–Crippen LogP) is 1.62. The van der Waals surface area contributed by atoms with E-state index in [2.05, 4.69) is 0 Å². The molecule has 1 heterocycles. The molecule has 0 spiro atoms. The van der Waals surface area contributed by atoms with Gasteiger partial charge < -0.3 is 4.74 Å². The van der Waals surface area contributed by atoms with Crippen LogP contribution in [-0.4, -0.2) is 18.5 Å². The van der Waals surface area contributed by atoms with Crippen LogP contribution in [-0.2, 0) is 9.53 Å². The SMILES string of the molecule is C/C=C1\C(=O)C=C2CCCOC21. The Morgan fingerprint density at radius 3 is 3.25 bits per heavy atom. The molecule has 0 radical (unpaired) electrons. The summed E-state index contributed by atoms with van der Waals surface area (Å²) in [6.07, 6.45) is 5.66. The topological polar surface area (TPSA) is 26.3 Å². The monoisotopic (exact) mass is 164 g/mol. The van der Waals surface area contributed by atoms with Gasteiger partial charge in [0, 0.05) is 12.2 Å². The highest BCUT2D eigenvalue weighted by atomic mass is 16.5. The van der Waals surface area contributed by atoms with Crippen molar-refractivity contribution in [1.29, 1.82) is 0 Å². The number of ketones is 1. The van der Waals surface area contributed by atoms with Crippen LogP contribution < -0.4 is 0 Å². The highest BCUT2D eigenvalue weighted by Crippen LogP contribution is 2.31. The number of hydrogen-bond donors (Lipinski definition) is 0. The summed E-state index contributed by atoms with van der Waals surface area (Å²) < 4.78 is 5.52. The average molecular weight is 164 g/mol. The minimum atomic E-state index is -0.00347. The van der Waals surface area contributed by atoms with E-state index in [4.69, 9.17) is 4.74 Å². The maximum atomic E-state index is 11.3. The summed E-state index contributed by atoms with van der Waals surface area (Å²) >= 11 is 0. The van der Waals surface area contributed by atoms with Gasteiger partial charge in [-0.25, -0.2) is 0 Å². The lowest BCUT2D eigenvalue weighted by Crippen LogP contribution is -2.21. The molecule has 0 aromatic carbocycles. The number of allylic oxidation sites excluding steroid dienone is 2. The molecule has 1 aliphatic heterocycles. The van der Waals surface area contributed by atoms with Crippen molar-refractivity contribution < 1.29 is 9.53 Å². The standard InChI is InChI=1S/C10H12O2/c1-2-8-9(11)6-7-4-3-5-12-10(7)8/h2,6,10H,3-5H2,1H3/b8-2+. The zero-order valence-electron chi connectivity index (χ0n) is 7.17. The number of rotatable bonds is 0. The molecule has 0 aromatic heterocycles. The molecule has 0 saturated carbocycles. The van der Waals surface area contributed by atoms with Gasteiger partial charge in [0.1, 0.15) is 6.10 Å². The minimum absolute atomic E-state index is 0.00347. The summed E-state index contributed by atoms with van der Waals surface area (Å²) in [5.74, 6) is 0.138. The number of carbonyl (C=O) groups excluding carboxylic acids is 1. The first kappa shape index (κ1) is 7.74. The van der Waals surface area contributed by atoms with Crippen molar-refractivity contribution in [2.75, 3.05) is 6.61 Å². The lowest BCUT2D eigenvalue weighted by Gasteiger charge is -2.21. The first-order chi connectivity index (χ1) is 5.83. The Kier molecular flexibility index (Phi) is 1.85. The minimum Gasteiger partial charge on any atom is -0.369 e. The number of ether oxygens (including phenoxy) is 1. The molecule has 1 fully saturated rings. The van der Waals surface area contributed by atoms with E-state index in [-0.39, 0.29) is 11.9 Å². The maximum absolute atomic E-state index is 11.3. The molecule has 0 N–H and O–H groups in total. The second kappa shape index (κ2) is 2.87. The van der Waals surface area contributed by atoms with Crippen molar-refractivity contribution in [3.63, 3.8) is 0 Å². The highest BCUT2D eigenvalue weighted by molar-refractivity contribution is 6.08. The Hall–Kier alpha value is -0.890. The van der Waals surface area contributed by atoms with E-state index >= 15 is 0 Å². The van der Waals surface area contributed by atoms with Crippen LogP contribution in [0.1, 0.15) is 19.8 Å². The number of fused-ring (bicyclic) bond motifs is 1. The van der Waals surface area contributed by atoms with E-state index in [1.165, 1.54) is 5.57 Å². The summed E-state index contributed by atoms with van der Waals surface area (Å²) in [7, 11) is 0.